The van der Waals surface area contributed by atoms with Gasteiger partial charge in [-0.25, -0.2) is 4.57 Å². The molecule has 5 heteroatoms. The molecule has 3 rings (SSSR count). The predicted octanol–water partition coefficient (Wildman–Crippen LogP) is 3.65. The summed E-state index contributed by atoms with van der Waals surface area (Å²) in [5, 5.41) is 3.24. The van der Waals surface area contributed by atoms with Gasteiger partial charge in [0, 0.05) is 17.2 Å². The first-order valence-corrected chi connectivity index (χ1v) is 7.41. The molecule has 21 heavy (non-hydrogen) atoms. The Morgan fingerprint density at radius 3 is 2.67 bits per heavy atom. The van der Waals surface area contributed by atoms with Gasteiger partial charge in [0.1, 0.15) is 0 Å². The summed E-state index contributed by atoms with van der Waals surface area (Å²) in [5.74, 6) is 0.546. The van der Waals surface area contributed by atoms with Crippen LogP contribution in [0.1, 0.15) is 11.1 Å². The molecular weight excluding hydrogens is 282 g/mol. The fourth-order valence-electron chi connectivity index (χ4n) is 2.16. The third-order valence-electron chi connectivity index (χ3n) is 3.26. The second kappa shape index (κ2) is 5.54. The van der Waals surface area contributed by atoms with E-state index in [9.17, 15) is 4.79 Å². The average molecular weight is 297 g/mol. The molecule has 0 bridgehead atoms. The number of para-hydroxylation sites is 1. The van der Waals surface area contributed by atoms with E-state index in [4.69, 9.17) is 0 Å². The third-order valence-corrected chi connectivity index (χ3v) is 3.86. The molecule has 2 aromatic carbocycles. The first kappa shape index (κ1) is 13.6. The molecule has 106 valence electrons. The molecule has 4 nitrogen and oxygen atoms in total. The van der Waals surface area contributed by atoms with E-state index in [1.165, 1.54) is 0 Å². The van der Waals surface area contributed by atoms with Crippen LogP contribution >= 0.6 is 11.5 Å². The van der Waals surface area contributed by atoms with Crippen LogP contribution in [0.2, 0.25) is 0 Å². The van der Waals surface area contributed by atoms with Crippen LogP contribution in [0.3, 0.4) is 0 Å². The molecule has 0 spiro atoms. The van der Waals surface area contributed by atoms with E-state index < -0.39 is 0 Å². The fourth-order valence-corrected chi connectivity index (χ4v) is 2.72. The van der Waals surface area contributed by atoms with E-state index in [1.807, 2.05) is 62.4 Å². The minimum Gasteiger partial charge on any atom is -0.324 e. The van der Waals surface area contributed by atoms with Crippen molar-refractivity contribution in [3.05, 3.63) is 69.3 Å². The van der Waals surface area contributed by atoms with Gasteiger partial charge in [0.2, 0.25) is 5.95 Å². The number of nitrogens with zero attached hydrogens (tertiary/aromatic N) is 2. The lowest BCUT2D eigenvalue weighted by atomic mass is 10.2. The summed E-state index contributed by atoms with van der Waals surface area (Å²) in [6, 6.07) is 15.7. The molecule has 0 saturated heterocycles. The lowest BCUT2D eigenvalue weighted by Crippen LogP contribution is -2.13. The Morgan fingerprint density at radius 1 is 1.10 bits per heavy atom. The Balaban J connectivity index is 2.06. The van der Waals surface area contributed by atoms with Crippen LogP contribution in [-0.4, -0.2) is 8.94 Å². The normalized spacial score (nSPS) is 10.6. The van der Waals surface area contributed by atoms with Crippen LogP contribution in [0.15, 0.2) is 53.3 Å². The summed E-state index contributed by atoms with van der Waals surface area (Å²) in [4.78, 5) is 12.0. The molecule has 0 aliphatic heterocycles. The third kappa shape index (κ3) is 2.73. The van der Waals surface area contributed by atoms with E-state index in [0.717, 1.165) is 34.0 Å². The molecule has 3 aromatic rings. The van der Waals surface area contributed by atoms with Crippen molar-refractivity contribution in [2.45, 2.75) is 13.8 Å². The maximum atomic E-state index is 12.1. The number of hydrogen-bond donors (Lipinski definition) is 1. The van der Waals surface area contributed by atoms with Crippen molar-refractivity contribution in [2.75, 3.05) is 5.32 Å². The number of hydrogen-bond acceptors (Lipinski definition) is 4. The van der Waals surface area contributed by atoms with Gasteiger partial charge in [0.05, 0.1) is 5.69 Å². The summed E-state index contributed by atoms with van der Waals surface area (Å²) < 4.78 is 5.84. The monoisotopic (exact) mass is 297 g/mol. The molecule has 0 radical (unpaired) electrons. The van der Waals surface area contributed by atoms with E-state index in [0.29, 0.717) is 5.95 Å². The van der Waals surface area contributed by atoms with Gasteiger partial charge in [-0.15, -0.1) is 0 Å². The lowest BCUT2D eigenvalue weighted by molar-refractivity contribution is 1.02. The summed E-state index contributed by atoms with van der Waals surface area (Å²) in [5.41, 5.74) is 3.98. The van der Waals surface area contributed by atoms with Gasteiger partial charge < -0.3 is 5.32 Å². The van der Waals surface area contributed by atoms with E-state index >= 15 is 0 Å². The highest BCUT2D eigenvalue weighted by atomic mass is 32.1. The molecule has 0 atom stereocenters. The molecule has 0 unspecified atom stereocenters. The minimum absolute atomic E-state index is 0.100. The number of nitrogens with one attached hydrogen (secondary N) is 1. The van der Waals surface area contributed by atoms with Crippen LogP contribution in [0.5, 0.6) is 0 Å². The maximum Gasteiger partial charge on any atom is 0.332 e. The second-order valence-electron chi connectivity index (χ2n) is 4.89. The van der Waals surface area contributed by atoms with E-state index in [1.54, 1.807) is 4.57 Å². The van der Waals surface area contributed by atoms with Gasteiger partial charge in [0.25, 0.3) is 0 Å². The van der Waals surface area contributed by atoms with Crippen LogP contribution in [0, 0.1) is 13.8 Å². The molecule has 0 aliphatic rings. The first-order chi connectivity index (χ1) is 10.1. The first-order valence-electron chi connectivity index (χ1n) is 6.63. The average Bonchev–Trinajstić information content (AvgIpc) is 2.82. The number of aromatic nitrogens is 2. The molecule has 1 aromatic heterocycles. The topological polar surface area (TPSA) is 46.9 Å². The largest absolute Gasteiger partial charge is 0.332 e. The number of aryl methyl sites for hydroxylation is 2. The predicted molar refractivity (Wildman–Crippen MR) is 86.9 cm³/mol. The molecule has 1 heterocycles. The van der Waals surface area contributed by atoms with Gasteiger partial charge in [-0.3, -0.25) is 4.79 Å². The molecule has 0 saturated carbocycles. The number of benzene rings is 2. The van der Waals surface area contributed by atoms with Gasteiger partial charge in [-0.05, 0) is 43.2 Å². The highest BCUT2D eigenvalue weighted by Crippen LogP contribution is 2.21. The zero-order chi connectivity index (χ0) is 14.8. The van der Waals surface area contributed by atoms with Crippen molar-refractivity contribution in [1.82, 2.24) is 8.94 Å². The van der Waals surface area contributed by atoms with Crippen molar-refractivity contribution < 1.29 is 0 Å². The zero-order valence-corrected chi connectivity index (χ0v) is 12.6. The summed E-state index contributed by atoms with van der Waals surface area (Å²) in [6.45, 7) is 4.02. The van der Waals surface area contributed by atoms with Crippen molar-refractivity contribution in [1.29, 1.82) is 0 Å². The molecule has 0 fully saturated rings. The lowest BCUT2D eigenvalue weighted by Gasteiger charge is -2.10. The van der Waals surface area contributed by atoms with Crippen molar-refractivity contribution >= 4 is 23.2 Å². The highest BCUT2D eigenvalue weighted by Gasteiger charge is 2.11. The Labute approximate surface area is 126 Å². The van der Waals surface area contributed by atoms with Crippen LogP contribution < -0.4 is 10.2 Å². The quantitative estimate of drug-likeness (QED) is 0.802. The second-order valence-corrected chi connectivity index (χ2v) is 5.60. The molecule has 1 N–H and O–H groups in total. The van der Waals surface area contributed by atoms with Crippen LogP contribution in [0.25, 0.3) is 5.69 Å². The zero-order valence-electron chi connectivity index (χ0n) is 11.8. The smallest absolute Gasteiger partial charge is 0.324 e. The number of rotatable bonds is 3. The summed E-state index contributed by atoms with van der Waals surface area (Å²) in [6.07, 6.45) is 0. The highest BCUT2D eigenvalue weighted by molar-refractivity contribution is 7.03. The maximum absolute atomic E-state index is 12.1. The van der Waals surface area contributed by atoms with Gasteiger partial charge >= 0.3 is 4.87 Å². The Morgan fingerprint density at radius 2 is 1.90 bits per heavy atom. The van der Waals surface area contributed by atoms with Gasteiger partial charge in [-0.1, -0.05) is 30.3 Å². The van der Waals surface area contributed by atoms with Crippen molar-refractivity contribution in [2.24, 2.45) is 0 Å². The van der Waals surface area contributed by atoms with Gasteiger partial charge in [-0.2, -0.15) is 4.37 Å². The van der Waals surface area contributed by atoms with Crippen LogP contribution in [-0.2, 0) is 0 Å². The minimum atomic E-state index is -0.100. The number of anilines is 2. The molecular formula is C16H15N3OS. The Kier molecular flexibility index (Phi) is 3.58. The summed E-state index contributed by atoms with van der Waals surface area (Å²) >= 11 is 0.952. The van der Waals surface area contributed by atoms with Crippen molar-refractivity contribution in [3.8, 4) is 5.69 Å². The standard InChI is InChI=1S/C16H15N3OS/c1-11-6-5-8-13(10-11)19-15(18-21-16(19)20)17-14-9-4-3-7-12(14)2/h3-10H,1-2H3,(H,17,18). The SMILES string of the molecule is Cc1cccc(-n2c(Nc3ccccc3C)nsc2=O)c1. The van der Waals surface area contributed by atoms with E-state index in [-0.39, 0.29) is 4.87 Å². The molecule has 0 amide bonds. The Hall–Kier alpha value is -2.40. The Bertz CT molecular complexity index is 835. The van der Waals surface area contributed by atoms with Crippen molar-refractivity contribution in [3.63, 3.8) is 0 Å². The fraction of sp³-hybridized carbons (Fsp3) is 0.125. The summed E-state index contributed by atoms with van der Waals surface area (Å²) in [7, 11) is 0. The van der Waals surface area contributed by atoms with Gasteiger partial charge in [0.15, 0.2) is 0 Å². The van der Waals surface area contributed by atoms with Crippen LogP contribution in [0.4, 0.5) is 11.6 Å². The molecule has 0 aliphatic carbocycles. The van der Waals surface area contributed by atoms with E-state index in [2.05, 4.69) is 9.69 Å².